The average Bonchev–Trinajstić information content (AvgIpc) is 3.32. The Hall–Kier alpha value is -4.82. The number of fused-ring (bicyclic) bond motifs is 5. The summed E-state index contributed by atoms with van der Waals surface area (Å²) in [6.07, 6.45) is 0. The SMILES string of the molecule is CN(c1ccc(-c2ccccc2)cc1)c1ccc2c(c1)c1c3ccccc3ccc1n2-c1ccccc1. The molecular weight excluding hydrogens is 448 g/mol. The molecule has 2 heteroatoms. The first kappa shape index (κ1) is 21.5. The van der Waals surface area contributed by atoms with Crippen molar-refractivity contribution in [3.8, 4) is 16.8 Å². The second kappa shape index (κ2) is 8.69. The topological polar surface area (TPSA) is 8.17 Å². The molecule has 0 N–H and O–H groups in total. The van der Waals surface area contributed by atoms with E-state index < -0.39 is 0 Å². The van der Waals surface area contributed by atoms with Crippen LogP contribution in [-0.2, 0) is 0 Å². The van der Waals surface area contributed by atoms with E-state index in [1.165, 1.54) is 55.1 Å². The second-order valence-corrected chi connectivity index (χ2v) is 9.53. The van der Waals surface area contributed by atoms with Gasteiger partial charge in [-0.2, -0.15) is 0 Å². The molecule has 37 heavy (non-hydrogen) atoms. The van der Waals surface area contributed by atoms with Gasteiger partial charge >= 0.3 is 0 Å². The van der Waals surface area contributed by atoms with Crippen LogP contribution >= 0.6 is 0 Å². The fraction of sp³-hybridized carbons (Fsp3) is 0.0286. The highest BCUT2D eigenvalue weighted by atomic mass is 15.1. The van der Waals surface area contributed by atoms with Crippen molar-refractivity contribution in [1.82, 2.24) is 4.57 Å². The predicted octanol–water partition coefficient (Wildman–Crippen LogP) is 9.37. The maximum absolute atomic E-state index is 2.38. The van der Waals surface area contributed by atoms with Crippen LogP contribution in [0.5, 0.6) is 0 Å². The van der Waals surface area contributed by atoms with Gasteiger partial charge in [-0.05, 0) is 70.4 Å². The predicted molar refractivity (Wildman–Crippen MR) is 158 cm³/mol. The van der Waals surface area contributed by atoms with E-state index in [-0.39, 0.29) is 0 Å². The molecule has 0 atom stereocenters. The summed E-state index contributed by atoms with van der Waals surface area (Å²) in [5.41, 5.74) is 8.41. The van der Waals surface area contributed by atoms with Crippen molar-refractivity contribution < 1.29 is 0 Å². The molecule has 0 aliphatic heterocycles. The molecule has 176 valence electrons. The largest absolute Gasteiger partial charge is 0.345 e. The minimum absolute atomic E-state index is 1.16. The summed E-state index contributed by atoms with van der Waals surface area (Å²) in [4.78, 5) is 2.27. The minimum atomic E-state index is 1.16. The first-order chi connectivity index (χ1) is 18.3. The number of aromatic nitrogens is 1. The fourth-order valence-electron chi connectivity index (χ4n) is 5.50. The van der Waals surface area contributed by atoms with Gasteiger partial charge in [0, 0.05) is 34.9 Å². The number of anilines is 2. The monoisotopic (exact) mass is 474 g/mol. The summed E-state index contributed by atoms with van der Waals surface area (Å²) in [5.74, 6) is 0. The zero-order valence-electron chi connectivity index (χ0n) is 20.7. The van der Waals surface area contributed by atoms with E-state index >= 15 is 0 Å². The maximum Gasteiger partial charge on any atom is 0.0547 e. The maximum atomic E-state index is 2.38. The van der Waals surface area contributed by atoms with Gasteiger partial charge in [0.15, 0.2) is 0 Å². The lowest BCUT2D eigenvalue weighted by atomic mass is 10.0. The van der Waals surface area contributed by atoms with Crippen LogP contribution in [0.3, 0.4) is 0 Å². The van der Waals surface area contributed by atoms with Crippen molar-refractivity contribution in [3.63, 3.8) is 0 Å². The van der Waals surface area contributed by atoms with Gasteiger partial charge in [-0.3, -0.25) is 0 Å². The smallest absolute Gasteiger partial charge is 0.0547 e. The molecule has 0 aliphatic rings. The van der Waals surface area contributed by atoms with E-state index in [1.807, 2.05) is 0 Å². The quantitative estimate of drug-likeness (QED) is 0.247. The Kier molecular flexibility index (Phi) is 5.04. The number of nitrogens with zero attached hydrogens (tertiary/aromatic N) is 2. The van der Waals surface area contributed by atoms with Gasteiger partial charge in [-0.15, -0.1) is 0 Å². The summed E-state index contributed by atoms with van der Waals surface area (Å²) in [6, 6.07) is 50.0. The van der Waals surface area contributed by atoms with Crippen LogP contribution in [0, 0.1) is 0 Å². The highest BCUT2D eigenvalue weighted by Gasteiger charge is 2.16. The summed E-state index contributed by atoms with van der Waals surface area (Å²) < 4.78 is 2.38. The van der Waals surface area contributed by atoms with Gasteiger partial charge in [0.1, 0.15) is 0 Å². The number of hydrogen-bond acceptors (Lipinski definition) is 1. The highest BCUT2D eigenvalue weighted by Crippen LogP contribution is 2.39. The van der Waals surface area contributed by atoms with Crippen molar-refractivity contribution in [2.45, 2.75) is 0 Å². The van der Waals surface area contributed by atoms with Gasteiger partial charge in [0.2, 0.25) is 0 Å². The van der Waals surface area contributed by atoms with Crippen molar-refractivity contribution >= 4 is 44.0 Å². The van der Waals surface area contributed by atoms with Gasteiger partial charge in [-0.25, -0.2) is 0 Å². The molecule has 0 fully saturated rings. The molecule has 1 aromatic heterocycles. The molecule has 0 radical (unpaired) electrons. The Morgan fingerprint density at radius 2 is 1.11 bits per heavy atom. The fourth-order valence-corrected chi connectivity index (χ4v) is 5.50. The van der Waals surface area contributed by atoms with E-state index in [1.54, 1.807) is 0 Å². The molecule has 0 bridgehead atoms. The Bertz CT molecular complexity index is 1860. The van der Waals surface area contributed by atoms with Crippen LogP contribution in [0.1, 0.15) is 0 Å². The Morgan fingerprint density at radius 3 is 1.89 bits per heavy atom. The number of benzene rings is 6. The molecule has 0 saturated heterocycles. The zero-order chi connectivity index (χ0) is 24.8. The molecule has 0 unspecified atom stereocenters. The standard InChI is InChI=1S/C35H26N2/c1-36(28-19-16-26(17-20-28)25-10-4-2-5-11-25)30-21-23-33-32(24-30)35-31-15-9-8-12-27(31)18-22-34(35)37(33)29-13-6-3-7-14-29/h2-24H,1H3. The van der Waals surface area contributed by atoms with Gasteiger partial charge < -0.3 is 9.47 Å². The normalized spacial score (nSPS) is 11.4. The molecule has 0 saturated carbocycles. The van der Waals surface area contributed by atoms with Crippen LogP contribution in [0.2, 0.25) is 0 Å². The van der Waals surface area contributed by atoms with E-state index in [2.05, 4.69) is 156 Å². The third-order valence-corrected chi connectivity index (χ3v) is 7.40. The molecular formula is C35H26N2. The summed E-state index contributed by atoms with van der Waals surface area (Å²) in [5, 5.41) is 5.11. The number of hydrogen-bond donors (Lipinski definition) is 0. The average molecular weight is 475 g/mol. The highest BCUT2D eigenvalue weighted by molar-refractivity contribution is 6.21. The van der Waals surface area contributed by atoms with E-state index in [0.717, 1.165) is 5.69 Å². The summed E-state index contributed by atoms with van der Waals surface area (Å²) in [6.45, 7) is 0. The Morgan fingerprint density at radius 1 is 0.486 bits per heavy atom. The minimum Gasteiger partial charge on any atom is -0.345 e. The third-order valence-electron chi connectivity index (χ3n) is 7.40. The second-order valence-electron chi connectivity index (χ2n) is 9.53. The van der Waals surface area contributed by atoms with Crippen LogP contribution in [0.4, 0.5) is 11.4 Å². The van der Waals surface area contributed by atoms with Crippen LogP contribution < -0.4 is 4.90 Å². The lowest BCUT2D eigenvalue weighted by Crippen LogP contribution is -2.09. The lowest BCUT2D eigenvalue weighted by molar-refractivity contribution is 1.18. The molecule has 2 nitrogen and oxygen atoms in total. The Balaban J connectivity index is 1.40. The first-order valence-electron chi connectivity index (χ1n) is 12.7. The lowest BCUT2D eigenvalue weighted by Gasteiger charge is -2.20. The molecule has 7 aromatic rings. The van der Waals surface area contributed by atoms with Crippen molar-refractivity contribution in [2.24, 2.45) is 0 Å². The van der Waals surface area contributed by atoms with Gasteiger partial charge in [0.05, 0.1) is 11.0 Å². The molecule has 0 spiro atoms. The molecule has 1 heterocycles. The van der Waals surface area contributed by atoms with Gasteiger partial charge in [-0.1, -0.05) is 91.0 Å². The first-order valence-corrected chi connectivity index (χ1v) is 12.7. The third kappa shape index (κ3) is 3.57. The zero-order valence-corrected chi connectivity index (χ0v) is 20.7. The molecule has 0 aliphatic carbocycles. The van der Waals surface area contributed by atoms with E-state index in [0.29, 0.717) is 0 Å². The summed E-state index contributed by atoms with van der Waals surface area (Å²) >= 11 is 0. The number of para-hydroxylation sites is 1. The molecule has 6 aromatic carbocycles. The van der Waals surface area contributed by atoms with E-state index in [4.69, 9.17) is 0 Å². The van der Waals surface area contributed by atoms with Crippen LogP contribution in [0.25, 0.3) is 49.4 Å². The van der Waals surface area contributed by atoms with Gasteiger partial charge in [0.25, 0.3) is 0 Å². The van der Waals surface area contributed by atoms with E-state index in [9.17, 15) is 0 Å². The molecule has 0 amide bonds. The van der Waals surface area contributed by atoms with Crippen molar-refractivity contribution in [2.75, 3.05) is 11.9 Å². The number of rotatable bonds is 4. The van der Waals surface area contributed by atoms with Crippen LogP contribution in [0.15, 0.2) is 140 Å². The van der Waals surface area contributed by atoms with Crippen LogP contribution in [-0.4, -0.2) is 11.6 Å². The summed E-state index contributed by atoms with van der Waals surface area (Å²) in [7, 11) is 2.15. The molecule has 7 rings (SSSR count). The Labute approximate surface area is 216 Å². The van der Waals surface area contributed by atoms with Crippen molar-refractivity contribution in [1.29, 1.82) is 0 Å². The van der Waals surface area contributed by atoms with Crippen molar-refractivity contribution in [3.05, 3.63) is 140 Å².